The molecular formula is C30H26N2O6S2. The summed E-state index contributed by atoms with van der Waals surface area (Å²) < 4.78 is 11.1. The summed E-state index contributed by atoms with van der Waals surface area (Å²) in [5, 5.41) is 5.88. The number of cyclic esters (lactones) is 2. The van der Waals surface area contributed by atoms with E-state index in [-0.39, 0.29) is 34.8 Å². The smallest absolute Gasteiger partial charge is 0.348 e. The molecule has 4 aromatic rings. The summed E-state index contributed by atoms with van der Waals surface area (Å²) in [6.45, 7) is -0.145. The van der Waals surface area contributed by atoms with Gasteiger partial charge in [0.1, 0.15) is 23.0 Å². The van der Waals surface area contributed by atoms with E-state index in [0.717, 1.165) is 33.8 Å². The summed E-state index contributed by atoms with van der Waals surface area (Å²) in [6, 6.07) is 24.3. The van der Waals surface area contributed by atoms with E-state index >= 15 is 0 Å². The van der Waals surface area contributed by atoms with Crippen molar-refractivity contribution in [1.82, 2.24) is 10.6 Å². The zero-order valence-electron chi connectivity index (χ0n) is 21.3. The Morgan fingerprint density at radius 3 is 1.35 bits per heavy atom. The van der Waals surface area contributed by atoms with Gasteiger partial charge in [0.2, 0.25) is 0 Å². The first-order valence-electron chi connectivity index (χ1n) is 12.7. The van der Waals surface area contributed by atoms with Crippen LogP contribution in [0.5, 0.6) is 0 Å². The van der Waals surface area contributed by atoms with Gasteiger partial charge in [-0.25, -0.2) is 9.59 Å². The minimum Gasteiger partial charge on any atom is -0.459 e. The highest BCUT2D eigenvalue weighted by Gasteiger charge is 2.24. The second-order valence-corrected chi connectivity index (χ2v) is 11.4. The standard InChI is InChI=1S/C30H26N2O6S2/c33-27-23-11-12-24(39-23)28(34)32-22(16-20-9-5-2-6-10-20)18-38-30(36)26-14-13-25(40-26)29(35)37-17-21(31-27)15-19-7-3-1-4-8-19/h1-14,21-22H,15-18H2,(H,31,33)(H,32,34). The maximum atomic E-state index is 13.1. The number of carbonyl (C=O) groups excluding carboxylic acids is 4. The van der Waals surface area contributed by atoms with Crippen LogP contribution in [0, 0.1) is 0 Å². The normalized spacial score (nSPS) is 18.5. The Bertz CT molecular complexity index is 1390. The summed E-state index contributed by atoms with van der Waals surface area (Å²) in [4.78, 5) is 53.0. The van der Waals surface area contributed by atoms with Crippen LogP contribution < -0.4 is 10.6 Å². The number of thiophene rings is 2. The van der Waals surface area contributed by atoms with E-state index in [1.54, 1.807) is 12.1 Å². The first-order valence-corrected chi connectivity index (χ1v) is 14.3. The lowest BCUT2D eigenvalue weighted by Gasteiger charge is -2.19. The predicted octanol–water partition coefficient (Wildman–Crippen LogP) is 4.52. The fourth-order valence-corrected chi connectivity index (χ4v) is 5.85. The molecule has 1 aliphatic rings. The molecule has 0 saturated heterocycles. The average molecular weight is 575 g/mol. The van der Waals surface area contributed by atoms with Crippen LogP contribution in [0.25, 0.3) is 0 Å². The van der Waals surface area contributed by atoms with Gasteiger partial charge < -0.3 is 20.1 Å². The van der Waals surface area contributed by atoms with E-state index in [2.05, 4.69) is 10.6 Å². The van der Waals surface area contributed by atoms with Gasteiger partial charge >= 0.3 is 11.9 Å². The van der Waals surface area contributed by atoms with Crippen LogP contribution in [0.2, 0.25) is 0 Å². The summed E-state index contributed by atoms with van der Waals surface area (Å²) in [5.74, 6) is -1.92. The first-order chi connectivity index (χ1) is 19.4. The summed E-state index contributed by atoms with van der Waals surface area (Å²) in [5.41, 5.74) is 1.92. The molecule has 5 rings (SSSR count). The average Bonchev–Trinajstić information content (AvgIpc) is 3.66. The summed E-state index contributed by atoms with van der Waals surface area (Å²) >= 11 is 2.03. The van der Waals surface area contributed by atoms with Crippen molar-refractivity contribution in [3.8, 4) is 0 Å². The van der Waals surface area contributed by atoms with Crippen molar-refractivity contribution in [2.45, 2.75) is 24.9 Å². The number of benzene rings is 2. The van der Waals surface area contributed by atoms with Crippen LogP contribution in [-0.4, -0.2) is 49.1 Å². The predicted molar refractivity (Wildman–Crippen MR) is 152 cm³/mol. The molecule has 2 amide bonds. The molecule has 0 saturated carbocycles. The molecule has 1 aliphatic heterocycles. The van der Waals surface area contributed by atoms with Crippen LogP contribution in [0.3, 0.4) is 0 Å². The van der Waals surface area contributed by atoms with Crippen molar-refractivity contribution >= 4 is 46.4 Å². The molecule has 2 aromatic carbocycles. The van der Waals surface area contributed by atoms with E-state index < -0.39 is 24.0 Å². The zero-order chi connectivity index (χ0) is 27.9. The van der Waals surface area contributed by atoms with E-state index in [1.807, 2.05) is 60.7 Å². The Kier molecular flexibility index (Phi) is 8.68. The van der Waals surface area contributed by atoms with Crippen molar-refractivity contribution in [3.05, 3.63) is 116 Å². The number of fused-ring (bicyclic) bond motifs is 4. The fraction of sp³-hybridized carbons (Fsp3) is 0.200. The van der Waals surface area contributed by atoms with Gasteiger partial charge in [0.25, 0.3) is 11.8 Å². The maximum absolute atomic E-state index is 13.1. The molecule has 2 aromatic heterocycles. The molecule has 8 nitrogen and oxygen atoms in total. The Balaban J connectivity index is 1.41. The third-order valence-corrected chi connectivity index (χ3v) is 8.34. The zero-order valence-corrected chi connectivity index (χ0v) is 23.0. The molecule has 0 aliphatic carbocycles. The largest absolute Gasteiger partial charge is 0.459 e. The van der Waals surface area contributed by atoms with Gasteiger partial charge in [-0.15, -0.1) is 22.7 Å². The molecule has 0 spiro atoms. The molecule has 204 valence electrons. The number of ether oxygens (including phenoxy) is 2. The number of hydrogen-bond acceptors (Lipinski definition) is 8. The second kappa shape index (κ2) is 12.7. The number of nitrogens with one attached hydrogen (secondary N) is 2. The highest BCUT2D eigenvalue weighted by molar-refractivity contribution is 7.16. The molecule has 0 radical (unpaired) electrons. The van der Waals surface area contributed by atoms with E-state index in [1.165, 1.54) is 12.1 Å². The Labute approximate surface area is 238 Å². The third-order valence-electron chi connectivity index (χ3n) is 6.21. The van der Waals surface area contributed by atoms with Crippen molar-refractivity contribution in [3.63, 3.8) is 0 Å². The quantitative estimate of drug-likeness (QED) is 0.347. The van der Waals surface area contributed by atoms with Crippen molar-refractivity contribution in [2.75, 3.05) is 13.2 Å². The Morgan fingerprint density at radius 2 is 0.925 bits per heavy atom. The van der Waals surface area contributed by atoms with Crippen molar-refractivity contribution in [1.29, 1.82) is 0 Å². The van der Waals surface area contributed by atoms with Gasteiger partial charge in [0.05, 0.1) is 21.8 Å². The Morgan fingerprint density at radius 1 is 0.550 bits per heavy atom. The van der Waals surface area contributed by atoms with Crippen molar-refractivity contribution in [2.24, 2.45) is 0 Å². The van der Waals surface area contributed by atoms with E-state index in [9.17, 15) is 19.2 Å². The fourth-order valence-electron chi connectivity index (χ4n) is 4.25. The number of carbonyl (C=O) groups is 4. The molecule has 40 heavy (non-hydrogen) atoms. The number of rotatable bonds is 4. The maximum Gasteiger partial charge on any atom is 0.348 e. The molecule has 0 fully saturated rings. The van der Waals surface area contributed by atoms with Gasteiger partial charge in [-0.3, -0.25) is 9.59 Å². The molecular weight excluding hydrogens is 548 g/mol. The lowest BCUT2D eigenvalue weighted by atomic mass is 10.1. The SMILES string of the molecule is O=C1NC(Cc2ccccc2)COC(=O)c2ccc(s2)C(=O)OCC(Cc2ccccc2)NC(=O)c2ccc1s2. The molecule has 2 N–H and O–H groups in total. The third kappa shape index (κ3) is 7.02. The van der Waals surface area contributed by atoms with Crippen LogP contribution in [0.1, 0.15) is 49.8 Å². The lowest BCUT2D eigenvalue weighted by molar-refractivity contribution is 0.0459. The van der Waals surface area contributed by atoms with E-state index in [4.69, 9.17) is 9.47 Å². The number of amides is 2. The van der Waals surface area contributed by atoms with Crippen LogP contribution in [0.15, 0.2) is 84.9 Å². The highest BCUT2D eigenvalue weighted by atomic mass is 32.1. The second-order valence-electron chi connectivity index (χ2n) is 9.24. The topological polar surface area (TPSA) is 111 Å². The Hall–Kier alpha value is -4.28. The minimum absolute atomic E-state index is 0.0724. The van der Waals surface area contributed by atoms with E-state index in [0.29, 0.717) is 22.6 Å². The molecule has 3 heterocycles. The van der Waals surface area contributed by atoms with Gasteiger partial charge in [-0.2, -0.15) is 0 Å². The molecule has 2 atom stereocenters. The monoisotopic (exact) mass is 574 g/mol. The molecule has 10 heteroatoms. The van der Waals surface area contributed by atoms with Gasteiger partial charge in [-0.05, 0) is 48.2 Å². The van der Waals surface area contributed by atoms with Crippen molar-refractivity contribution < 1.29 is 28.7 Å². The number of hydrogen-bond donors (Lipinski definition) is 2. The summed E-state index contributed by atoms with van der Waals surface area (Å²) in [6.07, 6.45) is 0.865. The molecule has 2 unspecified atom stereocenters. The van der Waals surface area contributed by atoms with Gasteiger partial charge in [0.15, 0.2) is 0 Å². The van der Waals surface area contributed by atoms with Crippen LogP contribution in [-0.2, 0) is 22.3 Å². The lowest BCUT2D eigenvalue weighted by Crippen LogP contribution is -2.40. The minimum atomic E-state index is -0.592. The first kappa shape index (κ1) is 27.3. The highest BCUT2D eigenvalue weighted by Crippen LogP contribution is 2.21. The van der Waals surface area contributed by atoms with Gasteiger partial charge in [-0.1, -0.05) is 60.7 Å². The summed E-state index contributed by atoms with van der Waals surface area (Å²) in [7, 11) is 0. The molecule has 4 bridgehead atoms. The van der Waals surface area contributed by atoms with Crippen LogP contribution >= 0.6 is 22.7 Å². The van der Waals surface area contributed by atoms with Crippen LogP contribution in [0.4, 0.5) is 0 Å². The van der Waals surface area contributed by atoms with Gasteiger partial charge in [0, 0.05) is 0 Å². The number of esters is 2.